The number of halogens is 3. The monoisotopic (exact) mass is 489 g/mol. The first-order chi connectivity index (χ1) is 16.0. The van der Waals surface area contributed by atoms with Crippen molar-refractivity contribution in [3.05, 3.63) is 53.1 Å². The van der Waals surface area contributed by atoms with Gasteiger partial charge < -0.3 is 14.7 Å². The summed E-state index contributed by atoms with van der Waals surface area (Å²) in [6.07, 6.45) is -2.81. The van der Waals surface area contributed by atoms with Crippen molar-refractivity contribution in [1.29, 1.82) is 5.26 Å². The Kier molecular flexibility index (Phi) is 6.04. The second-order valence-electron chi connectivity index (χ2n) is 8.76. The average molecular weight is 490 g/mol. The van der Waals surface area contributed by atoms with E-state index in [4.69, 9.17) is 22.2 Å². The third-order valence-corrected chi connectivity index (χ3v) is 6.49. The molecule has 0 unspecified atom stereocenters. The Labute approximate surface area is 200 Å². The number of amides is 1. The molecule has 1 atom stereocenters. The minimum absolute atomic E-state index is 0.0376. The summed E-state index contributed by atoms with van der Waals surface area (Å²) < 4.78 is 46.4. The van der Waals surface area contributed by atoms with Gasteiger partial charge in [0.05, 0.1) is 29.5 Å². The molecule has 0 bridgehead atoms. The van der Waals surface area contributed by atoms with Crippen molar-refractivity contribution in [3.8, 4) is 11.8 Å². The number of anilines is 2. The minimum Gasteiger partial charge on any atom is -0.488 e. The Morgan fingerprint density at radius 2 is 1.94 bits per heavy atom. The summed E-state index contributed by atoms with van der Waals surface area (Å²) in [5, 5.41) is 18.6. The van der Waals surface area contributed by atoms with Gasteiger partial charge in [0.15, 0.2) is 5.11 Å². The molecule has 34 heavy (non-hydrogen) atoms. The van der Waals surface area contributed by atoms with Crippen molar-refractivity contribution in [3.63, 3.8) is 0 Å². The smallest absolute Gasteiger partial charge is 0.417 e. The minimum atomic E-state index is -4.76. The number of fused-ring (bicyclic) bond motifs is 1. The van der Waals surface area contributed by atoms with E-state index in [0.29, 0.717) is 24.3 Å². The molecule has 4 rings (SSSR count). The number of benzene rings is 2. The second kappa shape index (κ2) is 8.56. The molecule has 2 heterocycles. The van der Waals surface area contributed by atoms with Gasteiger partial charge in [0.1, 0.15) is 17.4 Å². The number of hydrogen-bond donors (Lipinski definition) is 1. The Morgan fingerprint density at radius 1 is 1.24 bits per heavy atom. The number of nitriles is 1. The summed E-state index contributed by atoms with van der Waals surface area (Å²) in [6.45, 7) is 3.22. The van der Waals surface area contributed by atoms with Crippen LogP contribution in [0.1, 0.15) is 43.4 Å². The molecule has 0 spiro atoms. The Bertz CT molecular complexity index is 1210. The highest BCUT2D eigenvalue weighted by molar-refractivity contribution is 7.81. The highest BCUT2D eigenvalue weighted by Crippen LogP contribution is 2.41. The van der Waals surface area contributed by atoms with E-state index in [1.54, 1.807) is 36.9 Å². The van der Waals surface area contributed by atoms with Crippen LogP contribution in [0.4, 0.5) is 24.5 Å². The molecule has 2 aromatic rings. The maximum atomic E-state index is 13.5. The topological polar surface area (TPSA) is 76.8 Å². The predicted octanol–water partition coefficient (Wildman–Crippen LogP) is 4.57. The molecule has 2 aliphatic heterocycles. The number of thiocarbonyl (C=S) groups is 1. The van der Waals surface area contributed by atoms with Crippen LogP contribution in [-0.4, -0.2) is 34.4 Å². The molecule has 0 aromatic heterocycles. The van der Waals surface area contributed by atoms with Crippen LogP contribution in [0.2, 0.25) is 0 Å². The van der Waals surface area contributed by atoms with E-state index in [2.05, 4.69) is 0 Å². The molecule has 1 amide bonds. The fraction of sp³-hybridized carbons (Fsp3) is 0.375. The molecule has 178 valence electrons. The van der Waals surface area contributed by atoms with Crippen molar-refractivity contribution in [1.82, 2.24) is 0 Å². The van der Waals surface area contributed by atoms with Crippen LogP contribution in [-0.2, 0) is 17.4 Å². The van der Waals surface area contributed by atoms with E-state index < -0.39 is 28.7 Å². The van der Waals surface area contributed by atoms with E-state index in [0.717, 1.165) is 29.0 Å². The van der Waals surface area contributed by atoms with Crippen LogP contribution in [0, 0.1) is 11.3 Å². The first-order valence-corrected chi connectivity index (χ1v) is 11.1. The summed E-state index contributed by atoms with van der Waals surface area (Å²) >= 11 is 5.59. The van der Waals surface area contributed by atoms with Crippen LogP contribution in [0.15, 0.2) is 36.4 Å². The van der Waals surface area contributed by atoms with Crippen molar-refractivity contribution >= 4 is 34.6 Å². The van der Waals surface area contributed by atoms with E-state index >= 15 is 0 Å². The average Bonchev–Trinajstić information content (AvgIpc) is 2.92. The van der Waals surface area contributed by atoms with Crippen molar-refractivity contribution in [2.45, 2.75) is 50.9 Å². The number of nitrogens with zero attached hydrogens (tertiary/aromatic N) is 3. The SMILES string of the molecule is CC1(C)C(=O)N(c2ccc(C#N)c(C(F)(F)F)c2)C(=S)N1c1ccc2c(c1)CCC[C@@H](CO)O2. The zero-order chi connectivity index (χ0) is 24.8. The molecule has 0 saturated carbocycles. The van der Waals surface area contributed by atoms with Crippen LogP contribution in [0.5, 0.6) is 5.75 Å². The number of aliphatic hydroxyl groups is 1. The molecule has 6 nitrogen and oxygen atoms in total. The zero-order valence-corrected chi connectivity index (χ0v) is 19.3. The lowest BCUT2D eigenvalue weighted by Gasteiger charge is -2.30. The van der Waals surface area contributed by atoms with Crippen molar-refractivity contribution in [2.75, 3.05) is 16.4 Å². The van der Waals surface area contributed by atoms with Crippen molar-refractivity contribution in [2.24, 2.45) is 0 Å². The summed E-state index contributed by atoms with van der Waals surface area (Å²) in [6, 6.07) is 10.0. The molecule has 1 N–H and O–H groups in total. The number of aliphatic hydroxyl groups excluding tert-OH is 1. The van der Waals surface area contributed by atoms with Gasteiger partial charge in [-0.2, -0.15) is 18.4 Å². The normalized spacial score (nSPS) is 20.0. The first kappa shape index (κ1) is 24.0. The van der Waals surface area contributed by atoms with Gasteiger partial charge in [-0.1, -0.05) is 0 Å². The van der Waals surface area contributed by atoms with Crippen molar-refractivity contribution < 1.29 is 27.8 Å². The number of ether oxygens (including phenoxy) is 1. The number of carbonyl (C=O) groups excluding carboxylic acids is 1. The summed E-state index contributed by atoms with van der Waals surface area (Å²) in [7, 11) is 0. The molecular formula is C24H22F3N3O3S. The molecule has 2 aliphatic rings. The number of aryl methyl sites for hydroxylation is 1. The van der Waals surface area contributed by atoms with Gasteiger partial charge in [0.25, 0.3) is 5.91 Å². The molecule has 10 heteroatoms. The fourth-order valence-electron chi connectivity index (χ4n) is 4.36. The summed E-state index contributed by atoms with van der Waals surface area (Å²) in [4.78, 5) is 16.1. The lowest BCUT2D eigenvalue weighted by atomic mass is 10.0. The van der Waals surface area contributed by atoms with Crippen LogP contribution < -0.4 is 14.5 Å². The van der Waals surface area contributed by atoms with Gasteiger partial charge in [-0.15, -0.1) is 0 Å². The number of alkyl halides is 3. The highest BCUT2D eigenvalue weighted by atomic mass is 32.1. The van der Waals surface area contributed by atoms with Crippen LogP contribution in [0.25, 0.3) is 0 Å². The maximum Gasteiger partial charge on any atom is 0.417 e. The quantitative estimate of drug-likeness (QED) is 0.637. The van der Waals surface area contributed by atoms with Gasteiger partial charge in [-0.3, -0.25) is 9.69 Å². The first-order valence-electron chi connectivity index (χ1n) is 10.7. The zero-order valence-electron chi connectivity index (χ0n) is 18.5. The van der Waals surface area contributed by atoms with E-state index in [1.165, 1.54) is 6.07 Å². The van der Waals surface area contributed by atoms with E-state index in [9.17, 15) is 23.1 Å². The number of hydrogen-bond acceptors (Lipinski definition) is 5. The van der Waals surface area contributed by atoms with E-state index in [-0.39, 0.29) is 23.5 Å². The largest absolute Gasteiger partial charge is 0.488 e. The summed E-state index contributed by atoms with van der Waals surface area (Å²) in [5.41, 5.74) is -1.37. The van der Waals surface area contributed by atoms with Crippen LogP contribution in [0.3, 0.4) is 0 Å². The fourth-order valence-corrected chi connectivity index (χ4v) is 4.88. The number of carbonyl (C=O) groups is 1. The molecule has 1 fully saturated rings. The van der Waals surface area contributed by atoms with Gasteiger partial charge in [0, 0.05) is 5.69 Å². The molecule has 0 radical (unpaired) electrons. The molecule has 2 aromatic carbocycles. The van der Waals surface area contributed by atoms with Gasteiger partial charge in [0.2, 0.25) is 0 Å². The summed E-state index contributed by atoms with van der Waals surface area (Å²) in [5.74, 6) is 0.162. The highest BCUT2D eigenvalue weighted by Gasteiger charge is 2.50. The third kappa shape index (κ3) is 3.99. The Balaban J connectivity index is 1.74. The number of rotatable bonds is 3. The third-order valence-electron chi connectivity index (χ3n) is 6.13. The van der Waals surface area contributed by atoms with Gasteiger partial charge in [-0.05, 0) is 87.3 Å². The molecular weight excluding hydrogens is 467 g/mol. The standard InChI is InChI=1S/C24H22F3N3O3S/c1-23(2)21(32)29(16-7-6-15(12-28)19(11-16)24(25,26)27)22(34)30(23)17-8-9-20-14(10-17)4-3-5-18(13-31)33-20/h6-11,18,31H,3-5,13H2,1-2H3/t18-/m0/s1. The maximum absolute atomic E-state index is 13.5. The predicted molar refractivity (Wildman–Crippen MR) is 124 cm³/mol. The van der Waals surface area contributed by atoms with Crippen LogP contribution >= 0.6 is 12.2 Å². The Hall–Kier alpha value is -3.16. The second-order valence-corrected chi connectivity index (χ2v) is 9.13. The molecule has 1 saturated heterocycles. The molecule has 0 aliphatic carbocycles. The lowest BCUT2D eigenvalue weighted by molar-refractivity contribution is -0.137. The lowest BCUT2D eigenvalue weighted by Crippen LogP contribution is -2.44. The van der Waals surface area contributed by atoms with Gasteiger partial charge in [-0.25, -0.2) is 0 Å². The van der Waals surface area contributed by atoms with Gasteiger partial charge >= 0.3 is 6.18 Å². The van der Waals surface area contributed by atoms with E-state index in [1.807, 2.05) is 6.07 Å². The Morgan fingerprint density at radius 3 is 2.59 bits per heavy atom.